The third-order valence-electron chi connectivity index (χ3n) is 6.02. The molecule has 32 heavy (non-hydrogen) atoms. The third kappa shape index (κ3) is 4.88. The van der Waals surface area contributed by atoms with Crippen LogP contribution in [0.25, 0.3) is 0 Å². The minimum Gasteiger partial charge on any atom is -0.378 e. The number of morpholine rings is 1. The molecule has 172 valence electrons. The lowest BCUT2D eigenvalue weighted by Gasteiger charge is -2.39. The minimum absolute atomic E-state index is 0.108. The Morgan fingerprint density at radius 3 is 2.59 bits per heavy atom. The molecule has 2 aliphatic rings. The van der Waals surface area contributed by atoms with E-state index < -0.39 is 15.9 Å². The lowest BCUT2D eigenvalue weighted by Crippen LogP contribution is -2.36. The summed E-state index contributed by atoms with van der Waals surface area (Å²) >= 11 is 0. The molecule has 0 spiro atoms. The highest BCUT2D eigenvalue weighted by Crippen LogP contribution is 2.45. The summed E-state index contributed by atoms with van der Waals surface area (Å²) in [6.07, 6.45) is 1.63. The van der Waals surface area contributed by atoms with Crippen LogP contribution < -0.4 is 14.9 Å². The normalized spacial score (nSPS) is 20.2. The first-order valence-corrected chi connectivity index (χ1v) is 12.5. The van der Waals surface area contributed by atoms with Gasteiger partial charge < -0.3 is 15.0 Å². The quantitative estimate of drug-likeness (QED) is 0.727. The number of nitrogens with zero attached hydrogens (tertiary/aromatic N) is 1. The van der Waals surface area contributed by atoms with Crippen molar-refractivity contribution in [3.05, 3.63) is 58.9 Å². The van der Waals surface area contributed by atoms with Crippen molar-refractivity contribution < 1.29 is 22.3 Å². The molecule has 1 unspecified atom stereocenters. The van der Waals surface area contributed by atoms with Gasteiger partial charge in [0.25, 0.3) is 5.91 Å². The molecule has 0 aromatic heterocycles. The van der Waals surface area contributed by atoms with Crippen LogP contribution in [-0.2, 0) is 20.2 Å². The molecule has 0 radical (unpaired) electrons. The van der Waals surface area contributed by atoms with Crippen molar-refractivity contribution in [2.75, 3.05) is 42.8 Å². The average molecular weight is 462 g/mol. The number of carbonyl (C=O) groups excluding carboxylic acids is 1. The molecule has 1 saturated heterocycles. The topological polar surface area (TPSA) is 87.7 Å². The lowest BCUT2D eigenvalue weighted by atomic mass is 9.73. The summed E-state index contributed by atoms with van der Waals surface area (Å²) in [5.41, 5.74) is 3.44. The Labute approximate surface area is 188 Å². The molecule has 1 fully saturated rings. The predicted molar refractivity (Wildman–Crippen MR) is 122 cm³/mol. The fourth-order valence-electron chi connectivity index (χ4n) is 4.46. The standard InChI is InChI=1S/C23H28FN3O4S/c1-23(2)14-21(16-10-17(24)13-18(11-16)27-6-8-31-9-7-27)25-20-5-4-15(12-19(20)23)22(28)26-32(3,29)30/h4-5,10-13,21,25H,6-9,14H2,1-3H3,(H,26,28). The van der Waals surface area contributed by atoms with Crippen molar-refractivity contribution in [1.29, 1.82) is 0 Å². The van der Waals surface area contributed by atoms with Gasteiger partial charge in [-0.3, -0.25) is 4.79 Å². The van der Waals surface area contributed by atoms with E-state index in [1.807, 2.05) is 10.8 Å². The van der Waals surface area contributed by atoms with Crippen LogP contribution >= 0.6 is 0 Å². The van der Waals surface area contributed by atoms with Gasteiger partial charge in [0.05, 0.1) is 25.5 Å². The Balaban J connectivity index is 1.63. The van der Waals surface area contributed by atoms with Crippen LogP contribution in [0.4, 0.5) is 15.8 Å². The van der Waals surface area contributed by atoms with Gasteiger partial charge in [-0.2, -0.15) is 0 Å². The second kappa shape index (κ2) is 8.37. The predicted octanol–water partition coefficient (Wildman–Crippen LogP) is 3.19. The second-order valence-corrected chi connectivity index (χ2v) is 10.8. The Hall–Kier alpha value is -2.65. The maximum absolute atomic E-state index is 14.5. The maximum atomic E-state index is 14.5. The number of fused-ring (bicyclic) bond motifs is 1. The molecule has 0 saturated carbocycles. The summed E-state index contributed by atoms with van der Waals surface area (Å²) in [4.78, 5) is 14.4. The Bertz CT molecular complexity index is 1140. The van der Waals surface area contributed by atoms with Gasteiger partial charge in [-0.15, -0.1) is 0 Å². The van der Waals surface area contributed by atoms with Gasteiger partial charge in [-0.25, -0.2) is 17.5 Å². The lowest BCUT2D eigenvalue weighted by molar-refractivity contribution is 0.0981. The zero-order chi connectivity index (χ0) is 23.1. The summed E-state index contributed by atoms with van der Waals surface area (Å²) in [6.45, 7) is 6.85. The fraction of sp³-hybridized carbons (Fsp3) is 0.435. The molecule has 0 aliphatic carbocycles. The van der Waals surface area contributed by atoms with Gasteiger partial charge in [0.1, 0.15) is 5.82 Å². The van der Waals surface area contributed by atoms with Crippen LogP contribution in [0.2, 0.25) is 0 Å². The van der Waals surface area contributed by atoms with Crippen LogP contribution in [0.15, 0.2) is 36.4 Å². The molecule has 1 atom stereocenters. The number of nitrogens with one attached hydrogen (secondary N) is 2. The van der Waals surface area contributed by atoms with E-state index in [1.165, 1.54) is 0 Å². The summed E-state index contributed by atoms with van der Waals surface area (Å²) in [7, 11) is -3.65. The molecular formula is C23H28FN3O4S. The number of rotatable bonds is 4. The minimum atomic E-state index is -3.65. The zero-order valence-corrected chi connectivity index (χ0v) is 19.3. The van der Waals surface area contributed by atoms with Crippen molar-refractivity contribution in [2.45, 2.75) is 31.7 Å². The van der Waals surface area contributed by atoms with E-state index in [9.17, 15) is 17.6 Å². The Morgan fingerprint density at radius 1 is 1.19 bits per heavy atom. The molecule has 2 N–H and O–H groups in total. The van der Waals surface area contributed by atoms with E-state index in [-0.39, 0.29) is 22.8 Å². The third-order valence-corrected chi connectivity index (χ3v) is 6.57. The van der Waals surface area contributed by atoms with Crippen LogP contribution in [0.3, 0.4) is 0 Å². The first-order chi connectivity index (χ1) is 15.0. The van der Waals surface area contributed by atoms with E-state index in [2.05, 4.69) is 24.1 Å². The average Bonchev–Trinajstić information content (AvgIpc) is 2.72. The van der Waals surface area contributed by atoms with Gasteiger partial charge in [-0.05, 0) is 59.4 Å². The first-order valence-electron chi connectivity index (χ1n) is 10.6. The number of carbonyl (C=O) groups is 1. The van der Waals surface area contributed by atoms with Crippen molar-refractivity contribution in [2.24, 2.45) is 0 Å². The van der Waals surface area contributed by atoms with E-state index in [0.29, 0.717) is 19.6 Å². The van der Waals surface area contributed by atoms with Crippen molar-refractivity contribution in [3.8, 4) is 0 Å². The number of anilines is 2. The molecule has 2 aromatic carbocycles. The maximum Gasteiger partial charge on any atom is 0.264 e. The number of hydrogen-bond acceptors (Lipinski definition) is 6. The van der Waals surface area contributed by atoms with Gasteiger partial charge >= 0.3 is 0 Å². The van der Waals surface area contributed by atoms with E-state index >= 15 is 0 Å². The summed E-state index contributed by atoms with van der Waals surface area (Å²) < 4.78 is 44.8. The number of hydrogen-bond donors (Lipinski definition) is 2. The summed E-state index contributed by atoms with van der Waals surface area (Å²) in [5.74, 6) is -0.935. The van der Waals surface area contributed by atoms with Crippen molar-refractivity contribution in [1.82, 2.24) is 4.72 Å². The number of sulfonamides is 1. The number of amides is 1. The monoisotopic (exact) mass is 461 g/mol. The van der Waals surface area contributed by atoms with Crippen LogP contribution in [0.1, 0.15) is 47.8 Å². The molecule has 2 heterocycles. The van der Waals surface area contributed by atoms with Crippen LogP contribution in [0.5, 0.6) is 0 Å². The highest BCUT2D eigenvalue weighted by atomic mass is 32.2. The van der Waals surface area contributed by atoms with Gasteiger partial charge in [-0.1, -0.05) is 13.8 Å². The summed E-state index contributed by atoms with van der Waals surface area (Å²) in [6, 6.07) is 10.1. The van der Waals surface area contributed by atoms with E-state index in [4.69, 9.17) is 4.74 Å². The van der Waals surface area contributed by atoms with Crippen LogP contribution in [-0.4, -0.2) is 46.9 Å². The highest BCUT2D eigenvalue weighted by molar-refractivity contribution is 7.89. The zero-order valence-electron chi connectivity index (χ0n) is 18.4. The highest BCUT2D eigenvalue weighted by Gasteiger charge is 2.34. The molecular weight excluding hydrogens is 433 g/mol. The van der Waals surface area contributed by atoms with E-state index in [0.717, 1.165) is 41.8 Å². The van der Waals surface area contributed by atoms with Crippen molar-refractivity contribution >= 4 is 27.3 Å². The molecule has 2 aliphatic heterocycles. The molecule has 2 aromatic rings. The molecule has 1 amide bonds. The number of ether oxygens (including phenoxy) is 1. The van der Waals surface area contributed by atoms with Crippen molar-refractivity contribution in [3.63, 3.8) is 0 Å². The smallest absolute Gasteiger partial charge is 0.264 e. The number of benzene rings is 2. The second-order valence-electron chi connectivity index (χ2n) is 9.09. The summed E-state index contributed by atoms with van der Waals surface area (Å²) in [5, 5.41) is 3.48. The number of halogens is 1. The Kier molecular flexibility index (Phi) is 5.89. The first kappa shape index (κ1) is 22.5. The molecule has 0 bridgehead atoms. The van der Waals surface area contributed by atoms with Gasteiger partial charge in [0, 0.05) is 30.0 Å². The van der Waals surface area contributed by atoms with Gasteiger partial charge in [0.15, 0.2) is 0 Å². The molecule has 4 rings (SSSR count). The van der Waals surface area contributed by atoms with Gasteiger partial charge in [0.2, 0.25) is 10.0 Å². The molecule has 7 nitrogen and oxygen atoms in total. The SMILES string of the molecule is CC1(C)CC(c2cc(F)cc(N3CCOCC3)c2)Nc2ccc(C(=O)NS(C)(=O)=O)cc21. The van der Waals surface area contributed by atoms with Crippen LogP contribution in [0, 0.1) is 5.82 Å². The largest absolute Gasteiger partial charge is 0.378 e. The Morgan fingerprint density at radius 2 is 1.91 bits per heavy atom. The van der Waals surface area contributed by atoms with E-state index in [1.54, 1.807) is 30.3 Å². The molecule has 9 heteroatoms. The fourth-order valence-corrected chi connectivity index (χ4v) is 4.91.